The van der Waals surface area contributed by atoms with Crippen molar-refractivity contribution in [2.75, 3.05) is 32.1 Å². The molecule has 1 N–H and O–H groups in total. The lowest BCUT2D eigenvalue weighted by atomic mass is 10.0. The molecule has 2 aromatic heterocycles. The van der Waals surface area contributed by atoms with E-state index in [1.165, 1.54) is 0 Å². The predicted octanol–water partition coefficient (Wildman–Crippen LogP) is 3.54. The van der Waals surface area contributed by atoms with Crippen molar-refractivity contribution in [3.05, 3.63) is 40.4 Å². The second-order valence-electron chi connectivity index (χ2n) is 7.21. The zero-order chi connectivity index (χ0) is 21.1. The van der Waals surface area contributed by atoms with E-state index in [1.54, 1.807) is 29.8 Å². The largest absolute Gasteiger partial charge is 0.384 e. The average Bonchev–Trinajstić information content (AvgIpc) is 3.15. The molecular formula is C20H22Cl2N6O2. The Morgan fingerprint density at radius 2 is 1.90 bits per heavy atom. The van der Waals surface area contributed by atoms with Gasteiger partial charge in [-0.1, -0.05) is 23.2 Å². The molecule has 1 aliphatic heterocycles. The molecule has 1 saturated heterocycles. The first-order valence-electron chi connectivity index (χ1n) is 9.75. The lowest BCUT2D eigenvalue weighted by molar-refractivity contribution is -0.133. The third kappa shape index (κ3) is 4.66. The van der Waals surface area contributed by atoms with E-state index in [9.17, 15) is 4.79 Å². The van der Waals surface area contributed by atoms with Crippen LogP contribution in [0.1, 0.15) is 19.3 Å². The number of ether oxygens (including phenoxy) is 1. The number of aromatic nitrogens is 4. The maximum Gasteiger partial charge on any atom is 0.224 e. The number of piperidine rings is 1. The summed E-state index contributed by atoms with van der Waals surface area (Å²) in [5, 5.41) is 17.6. The second kappa shape index (κ2) is 9.16. The van der Waals surface area contributed by atoms with Crippen molar-refractivity contribution in [2.45, 2.75) is 25.3 Å². The SMILES string of the molecule is COCCC(=O)N1CCC(Nc2ccc3nnc(-c4cc(Cl)cc(Cl)c4)n3n2)CC1. The van der Waals surface area contributed by atoms with Gasteiger partial charge >= 0.3 is 0 Å². The minimum Gasteiger partial charge on any atom is -0.384 e. The second-order valence-corrected chi connectivity index (χ2v) is 8.09. The summed E-state index contributed by atoms with van der Waals surface area (Å²) in [6.07, 6.45) is 2.14. The van der Waals surface area contributed by atoms with E-state index < -0.39 is 0 Å². The summed E-state index contributed by atoms with van der Waals surface area (Å²) < 4.78 is 6.67. The number of nitrogens with zero attached hydrogens (tertiary/aromatic N) is 5. The third-order valence-corrected chi connectivity index (χ3v) is 5.54. The van der Waals surface area contributed by atoms with Crippen molar-refractivity contribution in [1.82, 2.24) is 24.7 Å². The fourth-order valence-corrected chi connectivity index (χ4v) is 4.08. The maximum absolute atomic E-state index is 12.1. The van der Waals surface area contributed by atoms with E-state index in [2.05, 4.69) is 20.6 Å². The van der Waals surface area contributed by atoms with E-state index in [1.807, 2.05) is 17.0 Å². The van der Waals surface area contributed by atoms with Gasteiger partial charge in [0.2, 0.25) is 5.91 Å². The summed E-state index contributed by atoms with van der Waals surface area (Å²) in [6, 6.07) is 9.21. The van der Waals surface area contributed by atoms with E-state index in [-0.39, 0.29) is 11.9 Å². The molecule has 1 aliphatic rings. The van der Waals surface area contributed by atoms with Crippen molar-refractivity contribution in [3.8, 4) is 11.4 Å². The van der Waals surface area contributed by atoms with Gasteiger partial charge in [-0.05, 0) is 43.2 Å². The van der Waals surface area contributed by atoms with Crippen LogP contribution in [0, 0.1) is 0 Å². The number of rotatable bonds is 6. The molecule has 0 radical (unpaired) electrons. The quantitative estimate of drug-likeness (QED) is 0.620. The summed E-state index contributed by atoms with van der Waals surface area (Å²) in [7, 11) is 1.61. The van der Waals surface area contributed by atoms with Crippen LogP contribution in [0.4, 0.5) is 5.82 Å². The van der Waals surface area contributed by atoms with Gasteiger partial charge in [0, 0.05) is 41.8 Å². The van der Waals surface area contributed by atoms with E-state index in [0.29, 0.717) is 34.5 Å². The summed E-state index contributed by atoms with van der Waals surface area (Å²) in [6.45, 7) is 1.91. The van der Waals surface area contributed by atoms with Crippen LogP contribution in [0.5, 0.6) is 0 Å². The Balaban J connectivity index is 1.46. The van der Waals surface area contributed by atoms with Gasteiger partial charge in [-0.3, -0.25) is 4.79 Å². The molecule has 0 unspecified atom stereocenters. The Morgan fingerprint density at radius 1 is 1.17 bits per heavy atom. The molecule has 0 aliphatic carbocycles. The van der Waals surface area contributed by atoms with Crippen molar-refractivity contribution in [2.24, 2.45) is 0 Å². The molecule has 0 spiro atoms. The smallest absolute Gasteiger partial charge is 0.224 e. The first-order chi connectivity index (χ1) is 14.5. The standard InChI is InChI=1S/C20H22Cl2N6O2/c1-30-9-6-19(29)27-7-4-16(5-8-27)23-17-2-3-18-24-25-20(28(18)26-17)13-10-14(21)12-15(22)11-13/h2-3,10-12,16H,4-9H2,1H3,(H,23,26). The molecule has 8 nitrogen and oxygen atoms in total. The number of hydrogen-bond donors (Lipinski definition) is 1. The Hall–Kier alpha value is -2.42. The van der Waals surface area contributed by atoms with Crippen LogP contribution in [-0.4, -0.2) is 63.5 Å². The Kier molecular flexibility index (Phi) is 6.36. The van der Waals surface area contributed by atoms with Gasteiger partial charge in [0.1, 0.15) is 5.82 Å². The molecule has 1 fully saturated rings. The lowest BCUT2D eigenvalue weighted by Gasteiger charge is -2.32. The number of benzene rings is 1. The number of nitrogens with one attached hydrogen (secondary N) is 1. The molecule has 4 rings (SSSR count). The lowest BCUT2D eigenvalue weighted by Crippen LogP contribution is -2.42. The number of anilines is 1. The molecule has 1 amide bonds. The normalized spacial score (nSPS) is 15.0. The minimum atomic E-state index is 0.143. The van der Waals surface area contributed by atoms with Crippen molar-refractivity contribution in [3.63, 3.8) is 0 Å². The molecule has 3 heterocycles. The average molecular weight is 449 g/mol. The highest BCUT2D eigenvalue weighted by molar-refractivity contribution is 6.35. The van der Waals surface area contributed by atoms with Gasteiger partial charge in [0.15, 0.2) is 11.5 Å². The van der Waals surface area contributed by atoms with Gasteiger partial charge < -0.3 is 15.0 Å². The van der Waals surface area contributed by atoms with Gasteiger partial charge in [0.25, 0.3) is 0 Å². The first-order valence-corrected chi connectivity index (χ1v) is 10.5. The van der Waals surface area contributed by atoms with Crippen LogP contribution in [0.25, 0.3) is 17.0 Å². The number of methoxy groups -OCH3 is 1. The Labute approximate surface area is 184 Å². The van der Waals surface area contributed by atoms with Crippen LogP contribution in [0.2, 0.25) is 10.0 Å². The number of carbonyl (C=O) groups excluding carboxylic acids is 1. The van der Waals surface area contributed by atoms with Crippen molar-refractivity contribution >= 4 is 40.6 Å². The maximum atomic E-state index is 12.1. The Bertz CT molecular complexity index is 1030. The molecule has 0 bridgehead atoms. The zero-order valence-electron chi connectivity index (χ0n) is 16.5. The monoisotopic (exact) mass is 448 g/mol. The van der Waals surface area contributed by atoms with Crippen LogP contribution >= 0.6 is 23.2 Å². The number of carbonyl (C=O) groups is 1. The molecule has 1 aromatic carbocycles. The van der Waals surface area contributed by atoms with Crippen LogP contribution in [0.3, 0.4) is 0 Å². The Morgan fingerprint density at radius 3 is 2.60 bits per heavy atom. The highest BCUT2D eigenvalue weighted by atomic mass is 35.5. The van der Waals surface area contributed by atoms with Gasteiger partial charge in [-0.25, -0.2) is 0 Å². The summed E-state index contributed by atoms with van der Waals surface area (Å²) in [4.78, 5) is 14.0. The topological polar surface area (TPSA) is 84.6 Å². The number of amides is 1. The van der Waals surface area contributed by atoms with Crippen molar-refractivity contribution in [1.29, 1.82) is 0 Å². The molecule has 3 aromatic rings. The van der Waals surface area contributed by atoms with E-state index in [4.69, 9.17) is 27.9 Å². The highest BCUT2D eigenvalue weighted by Gasteiger charge is 2.23. The summed E-state index contributed by atoms with van der Waals surface area (Å²) >= 11 is 12.3. The molecule has 30 heavy (non-hydrogen) atoms. The fourth-order valence-electron chi connectivity index (χ4n) is 3.56. The van der Waals surface area contributed by atoms with E-state index in [0.717, 1.165) is 37.3 Å². The van der Waals surface area contributed by atoms with Gasteiger partial charge in [0.05, 0.1) is 13.0 Å². The molecule has 10 heteroatoms. The fraction of sp³-hybridized carbons (Fsp3) is 0.400. The number of likely N-dealkylation sites (tertiary alicyclic amines) is 1. The number of halogens is 2. The first kappa shape index (κ1) is 20.8. The van der Waals surface area contributed by atoms with Gasteiger partial charge in [-0.15, -0.1) is 15.3 Å². The number of hydrogen-bond acceptors (Lipinski definition) is 6. The molecule has 158 valence electrons. The zero-order valence-corrected chi connectivity index (χ0v) is 18.0. The molecule has 0 atom stereocenters. The predicted molar refractivity (Wildman–Crippen MR) is 116 cm³/mol. The molecular weight excluding hydrogens is 427 g/mol. The van der Waals surface area contributed by atoms with Crippen LogP contribution < -0.4 is 5.32 Å². The van der Waals surface area contributed by atoms with Crippen molar-refractivity contribution < 1.29 is 9.53 Å². The summed E-state index contributed by atoms with van der Waals surface area (Å²) in [5.41, 5.74) is 1.37. The molecule has 0 saturated carbocycles. The van der Waals surface area contributed by atoms with Crippen LogP contribution in [0.15, 0.2) is 30.3 Å². The third-order valence-electron chi connectivity index (χ3n) is 5.10. The summed E-state index contributed by atoms with van der Waals surface area (Å²) in [5.74, 6) is 1.43. The highest BCUT2D eigenvalue weighted by Crippen LogP contribution is 2.26. The van der Waals surface area contributed by atoms with E-state index >= 15 is 0 Å². The van der Waals surface area contributed by atoms with Crippen LogP contribution in [-0.2, 0) is 9.53 Å². The minimum absolute atomic E-state index is 0.143. The number of fused-ring (bicyclic) bond motifs is 1. The van der Waals surface area contributed by atoms with Gasteiger partial charge in [-0.2, -0.15) is 4.52 Å².